The second-order valence-electron chi connectivity index (χ2n) is 3.98. The fourth-order valence-electron chi connectivity index (χ4n) is 2.12. The van der Waals surface area contributed by atoms with Gasteiger partial charge in [0.1, 0.15) is 0 Å². The van der Waals surface area contributed by atoms with Crippen LogP contribution in [-0.4, -0.2) is 43.5 Å². The van der Waals surface area contributed by atoms with Crippen molar-refractivity contribution in [2.75, 3.05) is 32.8 Å². The predicted molar refractivity (Wildman–Crippen MR) is 55.1 cm³/mol. The quantitative estimate of drug-likeness (QED) is 0.625. The highest BCUT2D eigenvalue weighted by Gasteiger charge is 2.39. The van der Waals surface area contributed by atoms with E-state index < -0.39 is 0 Å². The molecule has 0 saturated carbocycles. The van der Waals surface area contributed by atoms with E-state index in [4.69, 9.17) is 9.47 Å². The van der Waals surface area contributed by atoms with Crippen LogP contribution in [-0.2, 0) is 9.47 Å². The highest BCUT2D eigenvalue weighted by Crippen LogP contribution is 2.30. The molecule has 3 nitrogen and oxygen atoms in total. The van der Waals surface area contributed by atoms with Gasteiger partial charge in [-0.2, -0.15) is 0 Å². The summed E-state index contributed by atoms with van der Waals surface area (Å²) in [4.78, 5) is 2.44. The smallest absolute Gasteiger partial charge is 0.170 e. The first kappa shape index (κ1) is 10.1. The Morgan fingerprint density at radius 1 is 1.21 bits per heavy atom. The third-order valence-corrected chi connectivity index (χ3v) is 3.03. The molecule has 0 bridgehead atoms. The third-order valence-electron chi connectivity index (χ3n) is 3.03. The van der Waals surface area contributed by atoms with Gasteiger partial charge in [-0.25, -0.2) is 0 Å². The minimum atomic E-state index is -0.216. The van der Waals surface area contributed by atoms with Crippen LogP contribution in [0.25, 0.3) is 0 Å². The first-order valence-electron chi connectivity index (χ1n) is 5.46. The highest BCUT2D eigenvalue weighted by molar-refractivity contribution is 4.87. The fraction of sp³-hybridized carbons (Fsp3) is 0.818. The van der Waals surface area contributed by atoms with E-state index in [1.54, 1.807) is 0 Å². The van der Waals surface area contributed by atoms with Crippen molar-refractivity contribution >= 4 is 0 Å². The first-order chi connectivity index (χ1) is 6.85. The van der Waals surface area contributed by atoms with Gasteiger partial charge in [0.15, 0.2) is 5.79 Å². The maximum atomic E-state index is 5.67. The summed E-state index contributed by atoms with van der Waals surface area (Å²) in [6, 6.07) is 0. The maximum Gasteiger partial charge on any atom is 0.170 e. The van der Waals surface area contributed by atoms with Crippen LogP contribution < -0.4 is 0 Å². The molecule has 2 rings (SSSR count). The Morgan fingerprint density at radius 3 is 2.43 bits per heavy atom. The molecule has 3 heteroatoms. The van der Waals surface area contributed by atoms with Crippen LogP contribution in [0.4, 0.5) is 0 Å². The van der Waals surface area contributed by atoms with Gasteiger partial charge in [0.25, 0.3) is 0 Å². The van der Waals surface area contributed by atoms with Crippen LogP contribution in [0.5, 0.6) is 0 Å². The SMILES string of the molecule is C/C=C/CN1CCC2(CC1)OCCO2. The molecule has 2 aliphatic heterocycles. The summed E-state index contributed by atoms with van der Waals surface area (Å²) < 4.78 is 11.3. The molecule has 0 aromatic rings. The van der Waals surface area contributed by atoms with Crippen molar-refractivity contribution in [1.82, 2.24) is 4.90 Å². The van der Waals surface area contributed by atoms with E-state index in [0.29, 0.717) is 0 Å². The first-order valence-corrected chi connectivity index (χ1v) is 5.46. The summed E-state index contributed by atoms with van der Waals surface area (Å²) in [5, 5.41) is 0. The largest absolute Gasteiger partial charge is 0.347 e. The van der Waals surface area contributed by atoms with Crippen molar-refractivity contribution in [1.29, 1.82) is 0 Å². The van der Waals surface area contributed by atoms with Crippen molar-refractivity contribution in [2.45, 2.75) is 25.6 Å². The Kier molecular flexibility index (Phi) is 3.21. The van der Waals surface area contributed by atoms with Gasteiger partial charge in [-0.05, 0) is 6.92 Å². The monoisotopic (exact) mass is 197 g/mol. The Hall–Kier alpha value is -0.380. The molecule has 2 aliphatic rings. The van der Waals surface area contributed by atoms with E-state index in [1.807, 2.05) is 0 Å². The molecule has 1 spiro atoms. The van der Waals surface area contributed by atoms with Gasteiger partial charge in [0.2, 0.25) is 0 Å². The van der Waals surface area contributed by atoms with E-state index >= 15 is 0 Å². The average molecular weight is 197 g/mol. The van der Waals surface area contributed by atoms with Crippen molar-refractivity contribution < 1.29 is 9.47 Å². The van der Waals surface area contributed by atoms with Crippen LogP contribution in [0, 0.1) is 0 Å². The molecule has 0 unspecified atom stereocenters. The van der Waals surface area contributed by atoms with Gasteiger partial charge in [-0.3, -0.25) is 4.90 Å². The Labute approximate surface area is 85.7 Å². The van der Waals surface area contributed by atoms with Crippen molar-refractivity contribution in [2.24, 2.45) is 0 Å². The number of hydrogen-bond donors (Lipinski definition) is 0. The summed E-state index contributed by atoms with van der Waals surface area (Å²) in [5.41, 5.74) is 0. The molecule has 0 aliphatic carbocycles. The lowest BCUT2D eigenvalue weighted by atomic mass is 10.0. The number of ether oxygens (including phenoxy) is 2. The van der Waals surface area contributed by atoms with Gasteiger partial charge >= 0.3 is 0 Å². The minimum absolute atomic E-state index is 0.216. The molecular weight excluding hydrogens is 178 g/mol. The standard InChI is InChI=1S/C11H19NO2/c1-2-3-6-12-7-4-11(5-8-12)13-9-10-14-11/h2-3H,4-10H2,1H3/b3-2+. The van der Waals surface area contributed by atoms with E-state index in [0.717, 1.165) is 45.7 Å². The molecule has 2 saturated heterocycles. The van der Waals surface area contributed by atoms with Gasteiger partial charge in [0.05, 0.1) is 13.2 Å². The second-order valence-corrected chi connectivity index (χ2v) is 3.98. The molecule has 0 aromatic heterocycles. The second kappa shape index (κ2) is 4.43. The Bertz CT molecular complexity index is 199. The normalized spacial score (nSPS) is 27.8. The molecule has 80 valence electrons. The van der Waals surface area contributed by atoms with Crippen LogP contribution in [0.3, 0.4) is 0 Å². The molecule has 0 radical (unpaired) electrons. The lowest BCUT2D eigenvalue weighted by Crippen LogP contribution is -2.45. The molecule has 2 heterocycles. The van der Waals surface area contributed by atoms with Gasteiger partial charge in [-0.1, -0.05) is 12.2 Å². The van der Waals surface area contributed by atoms with Gasteiger partial charge in [0, 0.05) is 32.5 Å². The van der Waals surface area contributed by atoms with E-state index in [-0.39, 0.29) is 5.79 Å². The number of hydrogen-bond acceptors (Lipinski definition) is 3. The number of allylic oxidation sites excluding steroid dienone is 1. The molecule has 0 amide bonds. The van der Waals surface area contributed by atoms with Gasteiger partial charge in [-0.15, -0.1) is 0 Å². The number of likely N-dealkylation sites (tertiary alicyclic amines) is 1. The average Bonchev–Trinajstić information content (AvgIpc) is 2.66. The number of nitrogens with zero attached hydrogens (tertiary/aromatic N) is 1. The molecule has 14 heavy (non-hydrogen) atoms. The highest BCUT2D eigenvalue weighted by atomic mass is 16.7. The summed E-state index contributed by atoms with van der Waals surface area (Å²) in [5.74, 6) is -0.216. The molecule has 0 N–H and O–H groups in total. The summed E-state index contributed by atoms with van der Waals surface area (Å²) in [6.45, 7) is 6.85. The van der Waals surface area contributed by atoms with Crippen LogP contribution in [0.15, 0.2) is 12.2 Å². The number of rotatable bonds is 2. The zero-order valence-corrected chi connectivity index (χ0v) is 8.87. The van der Waals surface area contributed by atoms with Crippen LogP contribution in [0.2, 0.25) is 0 Å². The minimum Gasteiger partial charge on any atom is -0.347 e. The fourth-order valence-corrected chi connectivity index (χ4v) is 2.12. The van der Waals surface area contributed by atoms with E-state index in [9.17, 15) is 0 Å². The summed E-state index contributed by atoms with van der Waals surface area (Å²) in [6.07, 6.45) is 6.34. The molecule has 2 fully saturated rings. The lowest BCUT2D eigenvalue weighted by molar-refractivity contribution is -0.184. The van der Waals surface area contributed by atoms with E-state index in [2.05, 4.69) is 24.0 Å². The third kappa shape index (κ3) is 2.16. The van der Waals surface area contributed by atoms with Crippen LogP contribution in [0.1, 0.15) is 19.8 Å². The molecule has 0 aromatic carbocycles. The zero-order valence-electron chi connectivity index (χ0n) is 8.87. The summed E-state index contributed by atoms with van der Waals surface area (Å²) in [7, 11) is 0. The summed E-state index contributed by atoms with van der Waals surface area (Å²) >= 11 is 0. The Balaban J connectivity index is 1.79. The topological polar surface area (TPSA) is 21.7 Å². The maximum absolute atomic E-state index is 5.67. The number of piperidine rings is 1. The van der Waals surface area contributed by atoms with Crippen molar-refractivity contribution in [3.63, 3.8) is 0 Å². The molecular formula is C11H19NO2. The molecule has 0 atom stereocenters. The van der Waals surface area contributed by atoms with Crippen molar-refractivity contribution in [3.05, 3.63) is 12.2 Å². The Morgan fingerprint density at radius 2 is 1.86 bits per heavy atom. The van der Waals surface area contributed by atoms with Crippen LogP contribution >= 0.6 is 0 Å². The predicted octanol–water partition coefficient (Wildman–Crippen LogP) is 1.40. The lowest BCUT2D eigenvalue weighted by Gasteiger charge is -2.37. The van der Waals surface area contributed by atoms with Crippen molar-refractivity contribution in [3.8, 4) is 0 Å². The zero-order chi connectivity index (χ0) is 9.86. The van der Waals surface area contributed by atoms with E-state index in [1.165, 1.54) is 0 Å². The van der Waals surface area contributed by atoms with Gasteiger partial charge < -0.3 is 9.47 Å².